The summed E-state index contributed by atoms with van der Waals surface area (Å²) in [5, 5.41) is -0.689. The molecule has 132 valence electrons. The Morgan fingerprint density at radius 2 is 1.64 bits per heavy atom. The first-order valence-electron chi connectivity index (χ1n) is 8.54. The molecule has 1 aliphatic rings. The van der Waals surface area contributed by atoms with E-state index in [4.69, 9.17) is 11.6 Å². The maximum Gasteiger partial charge on any atom is 0.168 e. The summed E-state index contributed by atoms with van der Waals surface area (Å²) in [5.74, 6) is 0.141. The molecule has 0 bridgehead atoms. The second kappa shape index (κ2) is 7.71. The van der Waals surface area contributed by atoms with E-state index < -0.39 is 20.3 Å². The smallest absolute Gasteiger partial charge is 0.168 e. The van der Waals surface area contributed by atoms with Crippen LogP contribution in [0.25, 0.3) is 0 Å². The third-order valence-electron chi connectivity index (χ3n) is 4.98. The van der Waals surface area contributed by atoms with Gasteiger partial charge in [-0.1, -0.05) is 42.7 Å². The summed E-state index contributed by atoms with van der Waals surface area (Å²) >= 11 is 5.95. The van der Waals surface area contributed by atoms with E-state index in [2.05, 4.69) is 11.6 Å². The highest BCUT2D eigenvalue weighted by atomic mass is 35.5. The number of nitrogens with zero attached hydrogens (tertiary/aromatic N) is 1. The van der Waals surface area contributed by atoms with Crippen LogP contribution in [0.5, 0.6) is 0 Å². The molecule has 2 unspecified atom stereocenters. The summed E-state index contributed by atoms with van der Waals surface area (Å²) in [7, 11) is -3.50. The summed E-state index contributed by atoms with van der Waals surface area (Å²) < 4.78 is 27.2. The Hall–Kier alpha value is -1.65. The molecule has 2 aromatic rings. The van der Waals surface area contributed by atoms with E-state index in [1.54, 1.807) is 36.7 Å². The fraction of sp³-hybridized carbons (Fsp3) is 0.350. The second-order valence-electron chi connectivity index (χ2n) is 6.54. The lowest BCUT2D eigenvalue weighted by Crippen LogP contribution is -2.25. The van der Waals surface area contributed by atoms with Crippen LogP contribution in [-0.4, -0.2) is 13.4 Å². The van der Waals surface area contributed by atoms with Crippen LogP contribution < -0.4 is 0 Å². The Morgan fingerprint density at radius 1 is 1.04 bits per heavy atom. The summed E-state index contributed by atoms with van der Waals surface area (Å²) in [4.78, 5) is 4.04. The number of hydrogen-bond donors (Lipinski definition) is 0. The fourth-order valence-electron chi connectivity index (χ4n) is 3.81. The van der Waals surface area contributed by atoms with Gasteiger partial charge in [0.25, 0.3) is 0 Å². The Morgan fingerprint density at radius 3 is 2.20 bits per heavy atom. The van der Waals surface area contributed by atoms with Crippen molar-refractivity contribution in [3.05, 3.63) is 77.6 Å². The number of aromatic nitrogens is 1. The van der Waals surface area contributed by atoms with Crippen LogP contribution in [0.15, 0.2) is 61.4 Å². The monoisotopic (exact) mass is 375 g/mol. The maximum atomic E-state index is 13.6. The minimum atomic E-state index is -3.50. The van der Waals surface area contributed by atoms with Crippen molar-refractivity contribution < 1.29 is 8.42 Å². The first kappa shape index (κ1) is 18.2. The van der Waals surface area contributed by atoms with Crippen molar-refractivity contribution >= 4 is 21.4 Å². The molecular formula is C20H22ClNO2S. The van der Waals surface area contributed by atoms with Crippen molar-refractivity contribution in [2.75, 3.05) is 0 Å². The van der Waals surface area contributed by atoms with Crippen molar-refractivity contribution in [2.24, 2.45) is 5.92 Å². The van der Waals surface area contributed by atoms with Crippen LogP contribution in [0, 0.1) is 5.92 Å². The van der Waals surface area contributed by atoms with Gasteiger partial charge >= 0.3 is 0 Å². The SMILES string of the molecule is C=CC(c1ccc(Cl)cc1)S(=O)(=O)C(c1ccncc1)C1CCCC1. The molecule has 25 heavy (non-hydrogen) atoms. The molecule has 1 aromatic carbocycles. The van der Waals surface area contributed by atoms with Crippen LogP contribution in [0.4, 0.5) is 0 Å². The minimum absolute atomic E-state index is 0.141. The maximum absolute atomic E-state index is 13.6. The van der Waals surface area contributed by atoms with Crippen LogP contribution in [0.3, 0.4) is 0 Å². The molecule has 1 aromatic heterocycles. The highest BCUT2D eigenvalue weighted by Gasteiger charge is 2.40. The lowest BCUT2D eigenvalue weighted by molar-refractivity contribution is 0.489. The van der Waals surface area contributed by atoms with E-state index in [0.29, 0.717) is 10.6 Å². The largest absolute Gasteiger partial charge is 0.265 e. The minimum Gasteiger partial charge on any atom is -0.265 e. The van der Waals surface area contributed by atoms with E-state index in [1.165, 1.54) is 6.08 Å². The normalized spacial score (nSPS) is 18.0. The third-order valence-corrected chi connectivity index (χ3v) is 7.77. The van der Waals surface area contributed by atoms with Gasteiger partial charge in [-0.2, -0.15) is 0 Å². The molecule has 0 amide bonds. The predicted molar refractivity (Wildman–Crippen MR) is 102 cm³/mol. The molecule has 5 heteroatoms. The Kier molecular flexibility index (Phi) is 5.60. The summed E-state index contributed by atoms with van der Waals surface area (Å²) in [5.41, 5.74) is 1.53. The standard InChI is InChI=1S/C20H22ClNO2S/c1-2-19(15-7-9-18(21)10-8-15)25(23,24)20(16-5-3-4-6-16)17-11-13-22-14-12-17/h2,7-14,16,19-20H,1,3-6H2. The number of sulfone groups is 1. The molecule has 0 aliphatic heterocycles. The van der Waals surface area contributed by atoms with Crippen LogP contribution in [0.2, 0.25) is 5.02 Å². The van der Waals surface area contributed by atoms with Gasteiger partial charge in [0.05, 0.1) is 5.25 Å². The number of benzene rings is 1. The van der Waals surface area contributed by atoms with E-state index in [0.717, 1.165) is 31.2 Å². The van der Waals surface area contributed by atoms with Gasteiger partial charge in [-0.15, -0.1) is 6.58 Å². The van der Waals surface area contributed by atoms with Crippen molar-refractivity contribution in [3.8, 4) is 0 Å². The van der Waals surface area contributed by atoms with Gasteiger partial charge in [0.15, 0.2) is 9.84 Å². The van der Waals surface area contributed by atoms with Gasteiger partial charge in [-0.05, 0) is 54.2 Å². The summed E-state index contributed by atoms with van der Waals surface area (Å²) in [6.07, 6.45) is 8.91. The zero-order valence-electron chi connectivity index (χ0n) is 14.0. The molecule has 0 N–H and O–H groups in total. The van der Waals surface area contributed by atoms with Gasteiger partial charge in [0.2, 0.25) is 0 Å². The first-order valence-corrected chi connectivity index (χ1v) is 10.5. The molecular weight excluding hydrogens is 354 g/mol. The lowest BCUT2D eigenvalue weighted by Gasteiger charge is -2.28. The number of hydrogen-bond acceptors (Lipinski definition) is 3. The molecule has 1 heterocycles. The average molecular weight is 376 g/mol. The van der Waals surface area contributed by atoms with E-state index in [-0.39, 0.29) is 5.92 Å². The van der Waals surface area contributed by atoms with Gasteiger partial charge in [0, 0.05) is 17.4 Å². The van der Waals surface area contributed by atoms with Crippen molar-refractivity contribution in [3.63, 3.8) is 0 Å². The van der Waals surface area contributed by atoms with Gasteiger partial charge in [-0.25, -0.2) is 8.42 Å². The van der Waals surface area contributed by atoms with Crippen molar-refractivity contribution in [1.29, 1.82) is 0 Å². The van der Waals surface area contributed by atoms with E-state index >= 15 is 0 Å². The molecule has 2 atom stereocenters. The highest BCUT2D eigenvalue weighted by molar-refractivity contribution is 7.92. The molecule has 0 radical (unpaired) electrons. The molecule has 3 nitrogen and oxygen atoms in total. The van der Waals surface area contributed by atoms with E-state index in [9.17, 15) is 8.42 Å². The van der Waals surface area contributed by atoms with E-state index in [1.807, 2.05) is 12.1 Å². The Labute approximate surface area is 154 Å². The number of rotatable bonds is 6. The average Bonchev–Trinajstić information content (AvgIpc) is 3.12. The van der Waals surface area contributed by atoms with Crippen molar-refractivity contribution in [1.82, 2.24) is 4.98 Å². The first-order chi connectivity index (χ1) is 12.0. The highest BCUT2D eigenvalue weighted by Crippen LogP contribution is 2.45. The Balaban J connectivity index is 2.05. The number of halogens is 1. The lowest BCUT2D eigenvalue weighted by atomic mass is 9.98. The molecule has 1 fully saturated rings. The quantitative estimate of drug-likeness (QED) is 0.643. The summed E-state index contributed by atoms with van der Waals surface area (Å²) in [6, 6.07) is 10.6. The predicted octanol–water partition coefficient (Wildman–Crippen LogP) is 5.31. The zero-order valence-corrected chi connectivity index (χ0v) is 15.6. The van der Waals surface area contributed by atoms with Gasteiger partial charge in [0.1, 0.15) is 5.25 Å². The third kappa shape index (κ3) is 3.80. The molecule has 0 saturated heterocycles. The molecule has 1 saturated carbocycles. The fourth-order valence-corrected chi connectivity index (χ4v) is 6.41. The van der Waals surface area contributed by atoms with Crippen molar-refractivity contribution in [2.45, 2.75) is 36.2 Å². The summed E-state index contributed by atoms with van der Waals surface area (Å²) in [6.45, 7) is 3.80. The Bertz CT molecular complexity index is 813. The molecule has 1 aliphatic carbocycles. The van der Waals surface area contributed by atoms with Gasteiger partial charge in [-0.3, -0.25) is 4.98 Å². The molecule has 3 rings (SSSR count). The van der Waals surface area contributed by atoms with Crippen LogP contribution in [0.1, 0.15) is 47.3 Å². The number of pyridine rings is 1. The zero-order chi connectivity index (χ0) is 17.9. The van der Waals surface area contributed by atoms with Crippen LogP contribution >= 0.6 is 11.6 Å². The second-order valence-corrected chi connectivity index (χ2v) is 9.17. The van der Waals surface area contributed by atoms with Crippen LogP contribution in [-0.2, 0) is 9.84 Å². The topological polar surface area (TPSA) is 47.0 Å². The van der Waals surface area contributed by atoms with Gasteiger partial charge < -0.3 is 0 Å². The molecule has 0 spiro atoms.